The highest BCUT2D eigenvalue weighted by Gasteiger charge is 2.36. The highest BCUT2D eigenvalue weighted by Crippen LogP contribution is 2.29. The highest BCUT2D eigenvalue weighted by molar-refractivity contribution is 6.42. The van der Waals surface area contributed by atoms with Gasteiger partial charge in [0, 0.05) is 31.9 Å². The van der Waals surface area contributed by atoms with Gasteiger partial charge >= 0.3 is 24.4 Å². The third-order valence-corrected chi connectivity index (χ3v) is 8.88. The SMILES string of the molecule is CC(C)(C)OC(=O)N[C@@H]1C[C@H](NC(=O)OC(C)(C)C)CN(c2nc(Nc3ccc(Cl)c(Cl)c3)nc(N3C[C@H](NC(=O)OC(C)(C)C)C[C@H](NC(=O)OC(C)(C)C)C3)n2)C1. The van der Waals surface area contributed by atoms with E-state index < -0.39 is 70.9 Å². The first-order valence-electron chi connectivity index (χ1n) is 19.5. The van der Waals surface area contributed by atoms with E-state index in [1.54, 1.807) is 101 Å². The van der Waals surface area contributed by atoms with Gasteiger partial charge in [-0.25, -0.2) is 19.2 Å². The Hall–Kier alpha value is -4.71. The van der Waals surface area contributed by atoms with Crippen molar-refractivity contribution < 1.29 is 38.1 Å². The van der Waals surface area contributed by atoms with E-state index in [4.69, 9.17) is 57.1 Å². The maximum absolute atomic E-state index is 13.0. The van der Waals surface area contributed by atoms with E-state index in [2.05, 4.69) is 26.6 Å². The largest absolute Gasteiger partial charge is 0.444 e. The van der Waals surface area contributed by atoms with Crippen LogP contribution in [0.15, 0.2) is 18.2 Å². The number of nitrogens with zero attached hydrogens (tertiary/aromatic N) is 5. The molecule has 328 valence electrons. The second-order valence-electron chi connectivity index (χ2n) is 18.7. The molecule has 20 heteroatoms. The van der Waals surface area contributed by atoms with Crippen LogP contribution < -0.4 is 36.4 Å². The van der Waals surface area contributed by atoms with Gasteiger partial charge in [0.05, 0.1) is 34.2 Å². The number of nitrogens with one attached hydrogen (secondary N) is 5. The fraction of sp³-hybridized carbons (Fsp3) is 0.667. The van der Waals surface area contributed by atoms with Crippen molar-refractivity contribution in [3.63, 3.8) is 0 Å². The number of piperidine rings is 2. The van der Waals surface area contributed by atoms with Gasteiger partial charge < -0.3 is 55.3 Å². The molecule has 18 nitrogen and oxygen atoms in total. The minimum Gasteiger partial charge on any atom is -0.444 e. The van der Waals surface area contributed by atoms with Crippen LogP contribution in [0.2, 0.25) is 10.0 Å². The molecule has 4 amide bonds. The van der Waals surface area contributed by atoms with Gasteiger partial charge in [-0.15, -0.1) is 0 Å². The summed E-state index contributed by atoms with van der Waals surface area (Å²) in [6, 6.07) is 2.87. The van der Waals surface area contributed by atoms with Crippen LogP contribution in [-0.2, 0) is 18.9 Å². The molecule has 2 saturated heterocycles. The van der Waals surface area contributed by atoms with Crippen molar-refractivity contribution >= 4 is 71.1 Å². The van der Waals surface area contributed by atoms with Crippen LogP contribution in [0.3, 0.4) is 0 Å². The molecule has 1 aromatic carbocycles. The van der Waals surface area contributed by atoms with Crippen molar-refractivity contribution in [3.05, 3.63) is 28.2 Å². The molecule has 2 aliphatic rings. The molecule has 0 saturated carbocycles. The summed E-state index contributed by atoms with van der Waals surface area (Å²) in [5.41, 5.74) is -2.46. The Kier molecular flexibility index (Phi) is 14.9. The lowest BCUT2D eigenvalue weighted by Crippen LogP contribution is -2.59. The summed E-state index contributed by atoms with van der Waals surface area (Å²) in [4.78, 5) is 70.1. The number of ether oxygens (including phenoxy) is 4. The lowest BCUT2D eigenvalue weighted by Gasteiger charge is -2.40. The average Bonchev–Trinajstić information content (AvgIpc) is 3.02. The van der Waals surface area contributed by atoms with E-state index in [9.17, 15) is 19.2 Å². The molecule has 2 aliphatic heterocycles. The Balaban J connectivity index is 1.76. The molecule has 4 rings (SSSR count). The first kappa shape index (κ1) is 47.0. The van der Waals surface area contributed by atoms with Crippen molar-refractivity contribution in [2.75, 3.05) is 41.3 Å². The molecule has 1 aromatic heterocycles. The highest BCUT2D eigenvalue weighted by atomic mass is 35.5. The topological polar surface area (TPSA) is 210 Å². The maximum atomic E-state index is 13.0. The van der Waals surface area contributed by atoms with Gasteiger partial charge in [0.2, 0.25) is 17.8 Å². The molecule has 2 aromatic rings. The summed E-state index contributed by atoms with van der Waals surface area (Å²) in [7, 11) is 0. The molecule has 2 fully saturated rings. The van der Waals surface area contributed by atoms with Gasteiger partial charge in [0.25, 0.3) is 0 Å². The predicted molar refractivity (Wildman–Crippen MR) is 226 cm³/mol. The van der Waals surface area contributed by atoms with Crippen LogP contribution in [0.4, 0.5) is 42.7 Å². The number of hydrogen-bond acceptors (Lipinski definition) is 14. The molecule has 0 bridgehead atoms. The van der Waals surface area contributed by atoms with E-state index in [-0.39, 0.29) is 44.0 Å². The van der Waals surface area contributed by atoms with Gasteiger partial charge in [-0.05, 0) is 114 Å². The lowest BCUT2D eigenvalue weighted by atomic mass is 10.0. The van der Waals surface area contributed by atoms with Gasteiger partial charge in [0.1, 0.15) is 22.4 Å². The zero-order chi connectivity index (χ0) is 44.1. The average molecular weight is 868 g/mol. The monoisotopic (exact) mass is 866 g/mol. The minimum absolute atomic E-state index is 0.126. The molecule has 5 N–H and O–H groups in total. The summed E-state index contributed by atoms with van der Waals surface area (Å²) < 4.78 is 22.2. The van der Waals surface area contributed by atoms with Crippen molar-refractivity contribution in [2.24, 2.45) is 0 Å². The fourth-order valence-electron chi connectivity index (χ4n) is 6.24. The third kappa shape index (κ3) is 16.5. The second kappa shape index (κ2) is 18.7. The number of benzene rings is 1. The number of aromatic nitrogens is 3. The quantitative estimate of drug-likeness (QED) is 0.171. The number of alkyl carbamates (subject to hydrolysis) is 4. The summed E-state index contributed by atoms with van der Waals surface area (Å²) in [5, 5.41) is 15.6. The number of anilines is 4. The van der Waals surface area contributed by atoms with Crippen LogP contribution >= 0.6 is 23.2 Å². The first-order chi connectivity index (χ1) is 27.1. The fourth-order valence-corrected chi connectivity index (χ4v) is 6.53. The third-order valence-electron chi connectivity index (χ3n) is 8.14. The molecule has 4 atom stereocenters. The van der Waals surface area contributed by atoms with Crippen LogP contribution in [0, 0.1) is 0 Å². The van der Waals surface area contributed by atoms with Crippen molar-refractivity contribution in [3.8, 4) is 0 Å². The normalized spacial score (nSPS) is 20.2. The second-order valence-corrected chi connectivity index (χ2v) is 19.5. The summed E-state index contributed by atoms with van der Waals surface area (Å²) in [6.45, 7) is 22.1. The molecular formula is C39H60Cl2N10O8. The van der Waals surface area contributed by atoms with Crippen molar-refractivity contribution in [1.82, 2.24) is 36.2 Å². The minimum atomic E-state index is -0.748. The zero-order valence-corrected chi connectivity index (χ0v) is 37.6. The maximum Gasteiger partial charge on any atom is 0.407 e. The molecule has 0 unspecified atom stereocenters. The van der Waals surface area contributed by atoms with Crippen molar-refractivity contribution in [2.45, 2.75) is 142 Å². The molecule has 3 heterocycles. The summed E-state index contributed by atoms with van der Waals surface area (Å²) in [5.74, 6) is 0.521. The van der Waals surface area contributed by atoms with Crippen LogP contribution in [0.5, 0.6) is 0 Å². The zero-order valence-electron chi connectivity index (χ0n) is 36.0. The number of halogens is 2. The predicted octanol–water partition coefficient (Wildman–Crippen LogP) is 6.92. The molecule has 0 radical (unpaired) electrons. The lowest BCUT2D eigenvalue weighted by molar-refractivity contribution is 0.0452. The van der Waals surface area contributed by atoms with Gasteiger partial charge in [-0.3, -0.25) is 0 Å². The first-order valence-corrected chi connectivity index (χ1v) is 20.3. The van der Waals surface area contributed by atoms with E-state index in [0.29, 0.717) is 28.6 Å². The Morgan fingerprint density at radius 2 is 0.864 bits per heavy atom. The Labute approximate surface area is 356 Å². The summed E-state index contributed by atoms with van der Waals surface area (Å²) in [6.07, 6.45) is -1.80. The van der Waals surface area contributed by atoms with Crippen LogP contribution in [0.1, 0.15) is 95.9 Å². The number of hydrogen-bond donors (Lipinski definition) is 5. The van der Waals surface area contributed by atoms with Crippen LogP contribution in [0.25, 0.3) is 0 Å². The number of carbonyl (C=O) groups excluding carboxylic acids is 4. The number of rotatable bonds is 8. The van der Waals surface area contributed by atoms with Gasteiger partial charge in [-0.2, -0.15) is 15.0 Å². The molecular weight excluding hydrogens is 807 g/mol. The smallest absolute Gasteiger partial charge is 0.407 e. The molecule has 0 spiro atoms. The number of carbonyl (C=O) groups is 4. The Morgan fingerprint density at radius 1 is 0.542 bits per heavy atom. The standard InChI is InChI=1S/C39H60Cl2N10O8/c1-36(2,3)56-32(52)43-23-15-24(44-33(53)57-37(4,5)6)19-50(18-23)30-47-29(42-22-13-14-27(40)28(41)17-22)48-31(49-30)51-20-25(45-34(54)58-38(7,8)9)16-26(21-51)46-35(55)59-39(10,11)12/h13-14,17,23-26H,15-16,18-21H2,1-12H3,(H,43,52)(H,44,53)(H,45,54)(H,46,55)(H,42,47,48,49)/t23-,24+,25-,26+. The van der Waals surface area contributed by atoms with Crippen molar-refractivity contribution in [1.29, 1.82) is 0 Å². The van der Waals surface area contributed by atoms with E-state index in [1.807, 2.05) is 9.80 Å². The van der Waals surface area contributed by atoms with Gasteiger partial charge in [0.15, 0.2) is 0 Å². The Bertz CT molecular complexity index is 1650. The van der Waals surface area contributed by atoms with Crippen LogP contribution in [-0.4, -0.2) is 112 Å². The van der Waals surface area contributed by atoms with E-state index in [0.717, 1.165) is 0 Å². The Morgan fingerprint density at radius 3 is 1.15 bits per heavy atom. The number of amides is 4. The van der Waals surface area contributed by atoms with E-state index in [1.165, 1.54) is 0 Å². The summed E-state index contributed by atoms with van der Waals surface area (Å²) >= 11 is 12.6. The van der Waals surface area contributed by atoms with E-state index >= 15 is 0 Å². The molecule has 0 aliphatic carbocycles. The molecule has 59 heavy (non-hydrogen) atoms. The van der Waals surface area contributed by atoms with Gasteiger partial charge in [-0.1, -0.05) is 23.2 Å².